The van der Waals surface area contributed by atoms with E-state index in [1.165, 1.54) is 32.3 Å². The van der Waals surface area contributed by atoms with E-state index in [-0.39, 0.29) is 21.4 Å². The zero-order chi connectivity index (χ0) is 15.3. The summed E-state index contributed by atoms with van der Waals surface area (Å²) >= 11 is 5.92. The minimum absolute atomic E-state index is 0.0627. The summed E-state index contributed by atoms with van der Waals surface area (Å²) < 4.78 is 25.3. The first-order valence-corrected chi connectivity index (χ1v) is 8.12. The molecule has 0 bridgehead atoms. The molecule has 20 heavy (non-hydrogen) atoms. The second-order valence-electron chi connectivity index (χ2n) is 4.54. The maximum atomic E-state index is 12.1. The van der Waals surface area contributed by atoms with Crippen LogP contribution in [-0.4, -0.2) is 39.3 Å². The maximum Gasteiger partial charge on any atom is 0.251 e. The lowest BCUT2D eigenvalue weighted by molar-refractivity contribution is 0.0953. The number of benzene rings is 1. The zero-order valence-corrected chi connectivity index (χ0v) is 13.4. The number of nitrogens with zero attached hydrogens (tertiary/aromatic N) is 1. The van der Waals surface area contributed by atoms with Gasteiger partial charge in [-0.2, -0.15) is 0 Å². The Hall–Kier alpha value is -1.11. The van der Waals surface area contributed by atoms with Crippen LogP contribution in [0.4, 0.5) is 0 Å². The van der Waals surface area contributed by atoms with Crippen LogP contribution in [0, 0.1) is 0 Å². The number of carbonyl (C=O) groups excluding carboxylic acids is 1. The molecule has 0 atom stereocenters. The molecule has 0 radical (unpaired) electrons. The molecule has 112 valence electrons. The molecule has 0 spiro atoms. The number of rotatable bonds is 6. The van der Waals surface area contributed by atoms with Crippen molar-refractivity contribution in [3.05, 3.63) is 28.8 Å². The van der Waals surface area contributed by atoms with E-state index in [2.05, 4.69) is 5.32 Å². The van der Waals surface area contributed by atoms with Crippen LogP contribution < -0.4 is 5.32 Å². The summed E-state index contributed by atoms with van der Waals surface area (Å²) in [6.45, 7) is 2.59. The van der Waals surface area contributed by atoms with Crippen molar-refractivity contribution in [2.45, 2.75) is 24.7 Å². The number of unbranched alkanes of at least 4 members (excludes halogenated alkanes) is 1. The SMILES string of the molecule is CCCCNC(=O)c1ccc(Cl)c(S(=O)(=O)N(C)C)c1. The molecule has 0 unspecified atom stereocenters. The number of amides is 1. The Kier molecular flexibility index (Phi) is 5.98. The predicted octanol–water partition coefficient (Wildman–Crippen LogP) is 2.12. The van der Waals surface area contributed by atoms with Crippen LogP contribution in [0.5, 0.6) is 0 Å². The second-order valence-corrected chi connectivity index (χ2v) is 7.07. The van der Waals surface area contributed by atoms with Gasteiger partial charge in [-0.3, -0.25) is 4.79 Å². The van der Waals surface area contributed by atoms with Gasteiger partial charge < -0.3 is 5.32 Å². The monoisotopic (exact) mass is 318 g/mol. The molecule has 1 rings (SSSR count). The highest BCUT2D eigenvalue weighted by Gasteiger charge is 2.22. The van der Waals surface area contributed by atoms with Crippen molar-refractivity contribution in [2.24, 2.45) is 0 Å². The number of hydrogen-bond donors (Lipinski definition) is 1. The Morgan fingerprint density at radius 3 is 2.55 bits per heavy atom. The fourth-order valence-corrected chi connectivity index (χ4v) is 2.91. The Bertz CT molecular complexity index is 585. The molecule has 0 fully saturated rings. The van der Waals surface area contributed by atoms with Crippen LogP contribution in [0.3, 0.4) is 0 Å². The Morgan fingerprint density at radius 2 is 2.00 bits per heavy atom. The highest BCUT2D eigenvalue weighted by Crippen LogP contribution is 2.24. The van der Waals surface area contributed by atoms with Gasteiger partial charge in [0.1, 0.15) is 4.90 Å². The van der Waals surface area contributed by atoms with Gasteiger partial charge in [-0.15, -0.1) is 0 Å². The summed E-state index contributed by atoms with van der Waals surface area (Å²) in [6.07, 6.45) is 1.85. The lowest BCUT2D eigenvalue weighted by atomic mass is 10.2. The van der Waals surface area contributed by atoms with Crippen molar-refractivity contribution in [3.63, 3.8) is 0 Å². The molecular formula is C13H19ClN2O3S. The summed E-state index contributed by atoms with van der Waals surface area (Å²) in [6, 6.07) is 4.24. The summed E-state index contributed by atoms with van der Waals surface area (Å²) in [7, 11) is -0.835. The zero-order valence-electron chi connectivity index (χ0n) is 11.8. The highest BCUT2D eigenvalue weighted by molar-refractivity contribution is 7.89. The Labute approximate surface area is 125 Å². The molecule has 5 nitrogen and oxygen atoms in total. The normalized spacial score (nSPS) is 11.7. The minimum Gasteiger partial charge on any atom is -0.352 e. The van der Waals surface area contributed by atoms with Crippen molar-refractivity contribution in [2.75, 3.05) is 20.6 Å². The highest BCUT2D eigenvalue weighted by atomic mass is 35.5. The van der Waals surface area contributed by atoms with Crippen molar-refractivity contribution in [1.82, 2.24) is 9.62 Å². The van der Waals surface area contributed by atoms with Gasteiger partial charge in [0.15, 0.2) is 0 Å². The number of carbonyl (C=O) groups is 1. The van der Waals surface area contributed by atoms with E-state index >= 15 is 0 Å². The van der Waals surface area contributed by atoms with Crippen LogP contribution >= 0.6 is 11.6 Å². The number of halogens is 1. The smallest absolute Gasteiger partial charge is 0.251 e. The van der Waals surface area contributed by atoms with Gasteiger partial charge >= 0.3 is 0 Å². The molecule has 0 aliphatic heterocycles. The fraction of sp³-hybridized carbons (Fsp3) is 0.462. The summed E-state index contributed by atoms with van der Waals surface area (Å²) in [4.78, 5) is 11.9. The maximum absolute atomic E-state index is 12.1. The molecule has 1 aromatic carbocycles. The summed E-state index contributed by atoms with van der Waals surface area (Å²) in [5.41, 5.74) is 0.283. The van der Waals surface area contributed by atoms with E-state index in [4.69, 9.17) is 11.6 Å². The molecule has 0 aliphatic carbocycles. The van der Waals surface area contributed by atoms with E-state index in [0.29, 0.717) is 6.54 Å². The quantitative estimate of drug-likeness (QED) is 0.817. The standard InChI is InChI=1S/C13H19ClN2O3S/c1-4-5-8-15-13(17)10-6-7-11(14)12(9-10)20(18,19)16(2)3/h6-7,9H,4-5,8H2,1-3H3,(H,15,17). The van der Waals surface area contributed by atoms with Crippen LogP contribution in [0.15, 0.2) is 23.1 Å². The molecule has 7 heteroatoms. The van der Waals surface area contributed by atoms with Crippen molar-refractivity contribution < 1.29 is 13.2 Å². The third kappa shape index (κ3) is 3.94. The predicted molar refractivity (Wildman–Crippen MR) is 79.6 cm³/mol. The van der Waals surface area contributed by atoms with E-state index in [0.717, 1.165) is 17.1 Å². The first-order valence-electron chi connectivity index (χ1n) is 6.31. The van der Waals surface area contributed by atoms with Gasteiger partial charge in [-0.05, 0) is 24.6 Å². The first-order chi connectivity index (χ1) is 9.30. The number of hydrogen-bond acceptors (Lipinski definition) is 3. The molecule has 0 aliphatic rings. The summed E-state index contributed by atoms with van der Waals surface area (Å²) in [5.74, 6) is -0.301. The summed E-state index contributed by atoms with van der Waals surface area (Å²) in [5, 5.41) is 2.84. The third-order valence-electron chi connectivity index (χ3n) is 2.77. The van der Waals surface area contributed by atoms with Gasteiger partial charge in [0.05, 0.1) is 5.02 Å². The lowest BCUT2D eigenvalue weighted by Gasteiger charge is -2.13. The average Bonchev–Trinajstić information content (AvgIpc) is 2.38. The van der Waals surface area contributed by atoms with Gasteiger partial charge in [-0.25, -0.2) is 12.7 Å². The fourth-order valence-electron chi connectivity index (χ4n) is 1.52. The lowest BCUT2D eigenvalue weighted by Crippen LogP contribution is -2.26. The Balaban J connectivity index is 3.06. The van der Waals surface area contributed by atoms with Crippen LogP contribution in [0.25, 0.3) is 0 Å². The third-order valence-corrected chi connectivity index (χ3v) is 5.06. The molecular weight excluding hydrogens is 300 g/mol. The van der Waals surface area contributed by atoms with Crippen molar-refractivity contribution in [1.29, 1.82) is 0 Å². The van der Waals surface area contributed by atoms with E-state index in [1.807, 2.05) is 6.92 Å². The Morgan fingerprint density at radius 1 is 1.35 bits per heavy atom. The molecule has 1 N–H and O–H groups in total. The van der Waals surface area contributed by atoms with Gasteiger partial charge in [0.25, 0.3) is 5.91 Å². The van der Waals surface area contributed by atoms with Crippen LogP contribution in [0.1, 0.15) is 30.1 Å². The first kappa shape index (κ1) is 16.9. The van der Waals surface area contributed by atoms with Gasteiger partial charge in [-0.1, -0.05) is 24.9 Å². The second kappa shape index (κ2) is 7.06. The molecule has 0 saturated carbocycles. The molecule has 0 saturated heterocycles. The van der Waals surface area contributed by atoms with Gasteiger partial charge in [0.2, 0.25) is 10.0 Å². The molecule has 0 aromatic heterocycles. The molecule has 1 aromatic rings. The van der Waals surface area contributed by atoms with Crippen LogP contribution in [-0.2, 0) is 10.0 Å². The molecule has 0 heterocycles. The number of nitrogens with one attached hydrogen (secondary N) is 1. The van der Waals surface area contributed by atoms with E-state index in [9.17, 15) is 13.2 Å². The largest absolute Gasteiger partial charge is 0.352 e. The van der Waals surface area contributed by atoms with Crippen LogP contribution in [0.2, 0.25) is 5.02 Å². The van der Waals surface area contributed by atoms with Crippen molar-refractivity contribution in [3.8, 4) is 0 Å². The van der Waals surface area contributed by atoms with Crippen molar-refractivity contribution >= 4 is 27.5 Å². The average molecular weight is 319 g/mol. The van der Waals surface area contributed by atoms with Gasteiger partial charge in [0, 0.05) is 26.2 Å². The van der Waals surface area contributed by atoms with E-state index in [1.54, 1.807) is 0 Å². The van der Waals surface area contributed by atoms with E-state index < -0.39 is 10.0 Å². The number of sulfonamides is 1. The molecule has 1 amide bonds. The minimum atomic E-state index is -3.67. The topological polar surface area (TPSA) is 66.5 Å².